The van der Waals surface area contributed by atoms with Gasteiger partial charge in [0.25, 0.3) is 5.91 Å². The molecule has 2 N–H and O–H groups in total. The van der Waals surface area contributed by atoms with Gasteiger partial charge in [-0.3, -0.25) is 20.4 Å². The van der Waals surface area contributed by atoms with Gasteiger partial charge in [0.2, 0.25) is 5.91 Å². The number of halogens is 1. The highest BCUT2D eigenvalue weighted by atomic mass is 19.1. The summed E-state index contributed by atoms with van der Waals surface area (Å²) in [6.07, 6.45) is 3.35. The summed E-state index contributed by atoms with van der Waals surface area (Å²) in [5.74, 6) is -0.682. The third-order valence-electron chi connectivity index (χ3n) is 5.59. The molecule has 2 aromatic carbocycles. The number of methoxy groups -OCH3 is 1. The highest BCUT2D eigenvalue weighted by Crippen LogP contribution is 2.40. The predicted octanol–water partition coefficient (Wildman–Crippen LogP) is 3.65. The summed E-state index contributed by atoms with van der Waals surface area (Å²) in [7, 11) is 1.60. The molecule has 3 rings (SSSR count). The topological polar surface area (TPSA) is 76.7 Å². The molecule has 7 heteroatoms. The van der Waals surface area contributed by atoms with E-state index in [0.29, 0.717) is 12.8 Å². The van der Waals surface area contributed by atoms with Crippen LogP contribution >= 0.6 is 0 Å². The van der Waals surface area contributed by atoms with Gasteiger partial charge in [-0.25, -0.2) is 4.39 Å². The molecule has 0 saturated heterocycles. The van der Waals surface area contributed by atoms with E-state index in [-0.39, 0.29) is 11.7 Å². The zero-order valence-electron chi connectivity index (χ0n) is 17.2. The number of hydrazine groups is 1. The Morgan fingerprint density at radius 2 is 1.67 bits per heavy atom. The van der Waals surface area contributed by atoms with E-state index in [1.165, 1.54) is 25.1 Å². The van der Waals surface area contributed by atoms with Crippen molar-refractivity contribution in [2.24, 2.45) is 0 Å². The second kappa shape index (κ2) is 9.61. The van der Waals surface area contributed by atoms with E-state index in [1.54, 1.807) is 13.2 Å². The number of rotatable bonds is 6. The Morgan fingerprint density at radius 3 is 2.30 bits per heavy atom. The molecule has 2 amide bonds. The van der Waals surface area contributed by atoms with Gasteiger partial charge >= 0.3 is 0 Å². The molecule has 0 bridgehead atoms. The number of carbonyl (C=O) groups is 2. The quantitative estimate of drug-likeness (QED) is 0.708. The lowest BCUT2D eigenvalue weighted by atomic mass is 9.69. The summed E-state index contributed by atoms with van der Waals surface area (Å²) in [5, 5.41) is 0. The molecule has 1 aliphatic carbocycles. The zero-order valence-corrected chi connectivity index (χ0v) is 17.2. The fourth-order valence-electron chi connectivity index (χ4n) is 3.84. The molecule has 1 unspecified atom stereocenters. The molecule has 1 aliphatic rings. The van der Waals surface area contributed by atoms with Crippen LogP contribution in [0.3, 0.4) is 0 Å². The summed E-state index contributed by atoms with van der Waals surface area (Å²) in [6.45, 7) is 1.49. The number of hydrogen-bond donors (Lipinski definition) is 2. The normalized spacial score (nSPS) is 16.2. The standard InChI is InChI=1S/C23H27FN2O4/c1-16(30-20-9-5-4-8-19(20)24)21(27)25-26-22(28)23(14-6-3-7-15-23)17-10-12-18(29-2)13-11-17/h4-5,8-13,16H,3,6-7,14-15H2,1-2H3,(H,25,27)(H,26,28). The zero-order chi connectivity index (χ0) is 21.6. The van der Waals surface area contributed by atoms with Crippen molar-refractivity contribution in [2.75, 3.05) is 7.11 Å². The van der Waals surface area contributed by atoms with Crippen LogP contribution in [0.15, 0.2) is 48.5 Å². The molecule has 0 aromatic heterocycles. The van der Waals surface area contributed by atoms with E-state index in [1.807, 2.05) is 24.3 Å². The smallest absolute Gasteiger partial charge is 0.279 e. The minimum Gasteiger partial charge on any atom is -0.497 e. The van der Waals surface area contributed by atoms with Crippen molar-refractivity contribution in [2.45, 2.75) is 50.5 Å². The van der Waals surface area contributed by atoms with Crippen LogP contribution in [-0.2, 0) is 15.0 Å². The first-order chi connectivity index (χ1) is 14.5. The van der Waals surface area contributed by atoms with Crippen molar-refractivity contribution in [3.63, 3.8) is 0 Å². The monoisotopic (exact) mass is 414 g/mol. The average molecular weight is 414 g/mol. The first-order valence-electron chi connectivity index (χ1n) is 10.1. The van der Waals surface area contributed by atoms with E-state index in [2.05, 4.69) is 10.9 Å². The molecule has 1 atom stereocenters. The van der Waals surface area contributed by atoms with Gasteiger partial charge in [-0.2, -0.15) is 0 Å². The fraction of sp³-hybridized carbons (Fsp3) is 0.391. The van der Waals surface area contributed by atoms with Gasteiger partial charge in [0, 0.05) is 0 Å². The fourth-order valence-corrected chi connectivity index (χ4v) is 3.84. The van der Waals surface area contributed by atoms with Crippen molar-refractivity contribution < 1.29 is 23.5 Å². The number of benzene rings is 2. The Balaban J connectivity index is 1.67. The predicted molar refractivity (Wildman–Crippen MR) is 111 cm³/mol. The van der Waals surface area contributed by atoms with E-state index in [4.69, 9.17) is 9.47 Å². The molecule has 0 spiro atoms. The summed E-state index contributed by atoms with van der Waals surface area (Å²) >= 11 is 0. The SMILES string of the molecule is COc1ccc(C2(C(=O)NNC(=O)C(C)Oc3ccccc3F)CCCCC2)cc1. The molecule has 30 heavy (non-hydrogen) atoms. The lowest BCUT2D eigenvalue weighted by molar-refractivity contribution is -0.135. The number of para-hydroxylation sites is 1. The maximum absolute atomic E-state index is 13.7. The summed E-state index contributed by atoms with van der Waals surface area (Å²) in [6, 6.07) is 13.3. The van der Waals surface area contributed by atoms with E-state index >= 15 is 0 Å². The Kier molecular flexibility index (Phi) is 6.92. The third kappa shape index (κ3) is 4.72. The molecular formula is C23H27FN2O4. The first kappa shape index (κ1) is 21.6. The van der Waals surface area contributed by atoms with Crippen LogP contribution in [0.5, 0.6) is 11.5 Å². The lowest BCUT2D eigenvalue weighted by Gasteiger charge is -2.36. The van der Waals surface area contributed by atoms with E-state index < -0.39 is 23.2 Å². The Bertz CT molecular complexity index is 879. The molecule has 1 fully saturated rings. The number of amides is 2. The summed E-state index contributed by atoms with van der Waals surface area (Å²) in [5.41, 5.74) is 5.16. The number of ether oxygens (including phenoxy) is 2. The van der Waals surface area contributed by atoms with Gasteiger partial charge in [0.15, 0.2) is 17.7 Å². The lowest BCUT2D eigenvalue weighted by Crippen LogP contribution is -2.54. The summed E-state index contributed by atoms with van der Waals surface area (Å²) in [4.78, 5) is 25.5. The van der Waals surface area contributed by atoms with Gasteiger partial charge in [0.1, 0.15) is 5.75 Å². The molecule has 0 heterocycles. The minimum atomic E-state index is -0.981. The summed E-state index contributed by atoms with van der Waals surface area (Å²) < 4.78 is 24.3. The van der Waals surface area contributed by atoms with Gasteiger partial charge in [-0.15, -0.1) is 0 Å². The van der Waals surface area contributed by atoms with Crippen molar-refractivity contribution in [1.82, 2.24) is 10.9 Å². The first-order valence-corrected chi connectivity index (χ1v) is 10.1. The van der Waals surface area contributed by atoms with Crippen LogP contribution in [0.1, 0.15) is 44.6 Å². The Hall–Kier alpha value is -3.09. The largest absolute Gasteiger partial charge is 0.497 e. The second-order valence-corrected chi connectivity index (χ2v) is 7.51. The van der Waals surface area contributed by atoms with Crippen LogP contribution < -0.4 is 20.3 Å². The van der Waals surface area contributed by atoms with Crippen LogP contribution in [0, 0.1) is 5.82 Å². The minimum absolute atomic E-state index is 0.0199. The van der Waals surface area contributed by atoms with Gasteiger partial charge in [-0.1, -0.05) is 43.5 Å². The molecule has 0 radical (unpaired) electrons. The highest BCUT2D eigenvalue weighted by molar-refractivity contribution is 5.91. The van der Waals surface area contributed by atoms with Crippen molar-refractivity contribution in [3.8, 4) is 11.5 Å². The Morgan fingerprint density at radius 1 is 1.00 bits per heavy atom. The Labute approximate surface area is 175 Å². The van der Waals surface area contributed by atoms with Crippen LogP contribution in [0.2, 0.25) is 0 Å². The highest BCUT2D eigenvalue weighted by Gasteiger charge is 2.41. The average Bonchev–Trinajstić information content (AvgIpc) is 2.79. The molecule has 160 valence electrons. The maximum atomic E-state index is 13.7. The molecular weight excluding hydrogens is 387 g/mol. The van der Waals surface area contributed by atoms with Crippen LogP contribution in [-0.4, -0.2) is 25.0 Å². The van der Waals surface area contributed by atoms with E-state index in [0.717, 1.165) is 30.6 Å². The van der Waals surface area contributed by atoms with Gasteiger partial charge < -0.3 is 9.47 Å². The number of nitrogens with one attached hydrogen (secondary N) is 2. The van der Waals surface area contributed by atoms with Gasteiger partial charge in [0.05, 0.1) is 12.5 Å². The van der Waals surface area contributed by atoms with Gasteiger partial charge in [-0.05, 0) is 49.6 Å². The van der Waals surface area contributed by atoms with Crippen molar-refractivity contribution in [1.29, 1.82) is 0 Å². The van der Waals surface area contributed by atoms with Crippen LogP contribution in [0.4, 0.5) is 4.39 Å². The molecule has 2 aromatic rings. The number of hydrogen-bond acceptors (Lipinski definition) is 4. The van der Waals surface area contributed by atoms with Crippen molar-refractivity contribution >= 4 is 11.8 Å². The second-order valence-electron chi connectivity index (χ2n) is 7.51. The maximum Gasteiger partial charge on any atom is 0.279 e. The van der Waals surface area contributed by atoms with Crippen molar-refractivity contribution in [3.05, 3.63) is 59.9 Å². The number of carbonyl (C=O) groups excluding carboxylic acids is 2. The molecule has 1 saturated carbocycles. The van der Waals surface area contributed by atoms with E-state index in [9.17, 15) is 14.0 Å². The third-order valence-corrected chi connectivity index (χ3v) is 5.59. The molecule has 0 aliphatic heterocycles. The molecule has 6 nitrogen and oxygen atoms in total. The van der Waals surface area contributed by atoms with Crippen LogP contribution in [0.25, 0.3) is 0 Å².